The van der Waals surface area contributed by atoms with Crippen LogP contribution in [0.3, 0.4) is 0 Å². The molecule has 0 rings (SSSR count). The van der Waals surface area contributed by atoms with Crippen molar-refractivity contribution < 1.29 is 0 Å². The van der Waals surface area contributed by atoms with Crippen molar-refractivity contribution in [1.29, 1.82) is 5.41 Å². The van der Waals surface area contributed by atoms with Crippen molar-refractivity contribution in [2.24, 2.45) is 0 Å². The lowest BCUT2D eigenvalue weighted by molar-refractivity contribution is 1.24. The number of hydrogen-bond acceptors (Lipinski definition) is 2. The quantitative estimate of drug-likeness (QED) is 0.465. The lowest BCUT2D eigenvalue weighted by atomic mass is 10.5. The molecule has 0 aromatic carbocycles. The molecule has 0 spiro atoms. The van der Waals surface area contributed by atoms with Gasteiger partial charge >= 0.3 is 0 Å². The van der Waals surface area contributed by atoms with Crippen LogP contribution in [0.15, 0.2) is 6.08 Å². The molecule has 0 amide bonds. The molecule has 0 aromatic heterocycles. The fourth-order valence-corrected chi connectivity index (χ4v) is 0.102. The van der Waals surface area contributed by atoms with Gasteiger partial charge in [0.05, 0.1) is 0 Å². The van der Waals surface area contributed by atoms with Gasteiger partial charge in [-0.2, -0.15) is 0 Å². The first kappa shape index (κ1) is 9.05. The number of nitrogens with one attached hydrogen (secondary N) is 1. The van der Waals surface area contributed by atoms with E-state index >= 15 is 0 Å². The maximum atomic E-state index is 6.30. The van der Waals surface area contributed by atoms with Crippen molar-refractivity contribution in [2.45, 2.75) is 13.3 Å². The van der Waals surface area contributed by atoms with Crippen LogP contribution in [0.4, 0.5) is 0 Å². The minimum Gasteiger partial charge on any atom is -0.344 e. The second-order valence-electron chi connectivity index (χ2n) is 0.757. The van der Waals surface area contributed by atoms with Crippen LogP contribution in [0.25, 0.3) is 0 Å². The normalized spacial score (nSPS) is 4.83. The molecule has 0 bridgehead atoms. The molecule has 0 aliphatic rings. The van der Waals surface area contributed by atoms with E-state index in [-0.39, 0.29) is 6.15 Å². The molecule has 36 valence electrons. The average Bonchev–Trinajstić information content (AvgIpc) is 1.41. The molecule has 4 N–H and O–H groups in total. The van der Waals surface area contributed by atoms with Gasteiger partial charge in [-0.15, -0.1) is 0 Å². The van der Waals surface area contributed by atoms with Crippen LogP contribution in [-0.4, -0.2) is 5.87 Å². The Morgan fingerprint density at radius 2 is 2.33 bits per heavy atom. The van der Waals surface area contributed by atoms with Crippen molar-refractivity contribution >= 4 is 5.87 Å². The number of rotatable bonds is 1. The van der Waals surface area contributed by atoms with Crippen LogP contribution in [0, 0.1) is 5.41 Å². The Bertz CT molecular complexity index is 52.6. The predicted molar refractivity (Wildman–Crippen MR) is 27.6 cm³/mol. The smallest absolute Gasteiger partial charge is 0.0237 e. The highest BCUT2D eigenvalue weighted by molar-refractivity contribution is 5.46. The zero-order valence-corrected chi connectivity index (χ0v) is 3.99. The summed E-state index contributed by atoms with van der Waals surface area (Å²) in [6.07, 6.45) is 2.59. The molecule has 0 saturated heterocycles. The predicted octanol–water partition coefficient (Wildman–Crippen LogP) is 1.36. The van der Waals surface area contributed by atoms with Crippen molar-refractivity contribution in [1.82, 2.24) is 6.15 Å². The summed E-state index contributed by atoms with van der Waals surface area (Å²) in [5.41, 5.74) is 0. The lowest BCUT2D eigenvalue weighted by Gasteiger charge is -1.58. The van der Waals surface area contributed by atoms with Gasteiger partial charge in [0.15, 0.2) is 0 Å². The molecule has 2 nitrogen and oxygen atoms in total. The van der Waals surface area contributed by atoms with Gasteiger partial charge in [0.25, 0.3) is 0 Å². The fourth-order valence-electron chi connectivity index (χ4n) is 0.102. The van der Waals surface area contributed by atoms with Crippen LogP contribution >= 0.6 is 0 Å². The van der Waals surface area contributed by atoms with E-state index in [1.807, 2.05) is 6.92 Å². The Kier molecular flexibility index (Phi) is 13.3. The maximum Gasteiger partial charge on any atom is -0.0237 e. The third-order valence-corrected chi connectivity index (χ3v) is 0.306. The van der Waals surface area contributed by atoms with Gasteiger partial charge in [-0.05, 0) is 18.4 Å². The number of hydrogen-bond donors (Lipinski definition) is 2. The van der Waals surface area contributed by atoms with Crippen LogP contribution in [0.5, 0.6) is 0 Å². The second-order valence-corrected chi connectivity index (χ2v) is 0.757. The van der Waals surface area contributed by atoms with Gasteiger partial charge in [-0.3, -0.25) is 5.41 Å². The van der Waals surface area contributed by atoms with Crippen molar-refractivity contribution in [2.75, 3.05) is 0 Å². The maximum absolute atomic E-state index is 6.30. The summed E-state index contributed by atoms with van der Waals surface area (Å²) in [4.78, 5) is 0. The zero-order chi connectivity index (χ0) is 4.12. The van der Waals surface area contributed by atoms with Crippen molar-refractivity contribution in [3.05, 3.63) is 6.08 Å². The van der Waals surface area contributed by atoms with E-state index in [0.29, 0.717) is 0 Å². The molecule has 0 atom stereocenters. The van der Waals surface area contributed by atoms with E-state index < -0.39 is 0 Å². The second kappa shape index (κ2) is 8.83. The SMILES string of the molecule is CCC=C=N.N. The van der Waals surface area contributed by atoms with Crippen molar-refractivity contribution in [3.63, 3.8) is 0 Å². The van der Waals surface area contributed by atoms with Crippen LogP contribution in [-0.2, 0) is 0 Å². The molecule has 0 aromatic rings. The van der Waals surface area contributed by atoms with Gasteiger partial charge in [-0.1, -0.05) is 6.92 Å². The minimum atomic E-state index is 0. The Labute approximate surface area is 38.0 Å². The van der Waals surface area contributed by atoms with Gasteiger partial charge in [0, 0.05) is 0 Å². The van der Waals surface area contributed by atoms with E-state index in [1.54, 1.807) is 6.08 Å². The topological polar surface area (TPSA) is 58.9 Å². The van der Waals surface area contributed by atoms with E-state index in [4.69, 9.17) is 5.41 Å². The fraction of sp³-hybridized carbons (Fsp3) is 0.500. The minimum absolute atomic E-state index is 0. The van der Waals surface area contributed by atoms with Crippen LogP contribution < -0.4 is 6.15 Å². The highest BCUT2D eigenvalue weighted by Crippen LogP contribution is 1.65. The van der Waals surface area contributed by atoms with Gasteiger partial charge in [-0.25, -0.2) is 0 Å². The summed E-state index contributed by atoms with van der Waals surface area (Å²) >= 11 is 0. The number of allylic oxidation sites excluding steroid dienone is 1. The standard InChI is InChI=1S/C4H7N.H3N/c1-2-3-4-5;/h3,5H,2H2,1H3;1H3. The summed E-state index contributed by atoms with van der Waals surface area (Å²) in [6.45, 7) is 1.97. The summed E-state index contributed by atoms with van der Waals surface area (Å²) < 4.78 is 0. The summed E-state index contributed by atoms with van der Waals surface area (Å²) in [5.74, 6) is 2.14. The van der Waals surface area contributed by atoms with E-state index in [0.717, 1.165) is 6.42 Å². The molecular weight excluding hydrogens is 76.1 g/mol. The molecule has 0 aliphatic carbocycles. The molecule has 0 aliphatic heterocycles. The molecule has 0 saturated carbocycles. The average molecular weight is 86.1 g/mol. The summed E-state index contributed by atoms with van der Waals surface area (Å²) in [7, 11) is 0. The van der Waals surface area contributed by atoms with Crippen LogP contribution in [0.2, 0.25) is 0 Å². The monoisotopic (exact) mass is 86.1 g/mol. The first-order valence-electron chi connectivity index (χ1n) is 1.65. The van der Waals surface area contributed by atoms with Gasteiger partial charge < -0.3 is 6.15 Å². The van der Waals surface area contributed by atoms with Crippen LogP contribution in [0.1, 0.15) is 13.3 Å². The molecule has 0 heterocycles. The first-order valence-corrected chi connectivity index (χ1v) is 1.65. The molecule has 0 fully saturated rings. The van der Waals surface area contributed by atoms with E-state index in [1.165, 1.54) is 0 Å². The Balaban J connectivity index is 0. The Morgan fingerprint density at radius 3 is 2.33 bits per heavy atom. The molecule has 6 heavy (non-hydrogen) atoms. The molecular formula is C4H10N2. The third kappa shape index (κ3) is 9.96. The van der Waals surface area contributed by atoms with Gasteiger partial charge in [0.1, 0.15) is 0 Å². The third-order valence-electron chi connectivity index (χ3n) is 0.306. The highest BCUT2D eigenvalue weighted by atomic mass is 14.3. The summed E-state index contributed by atoms with van der Waals surface area (Å²) in [5, 5.41) is 6.30. The highest BCUT2D eigenvalue weighted by Gasteiger charge is 1.50. The van der Waals surface area contributed by atoms with E-state index in [9.17, 15) is 0 Å². The van der Waals surface area contributed by atoms with E-state index in [2.05, 4.69) is 5.87 Å². The Hall–Kier alpha value is -0.590. The molecule has 0 unspecified atom stereocenters. The Morgan fingerprint density at radius 1 is 1.83 bits per heavy atom. The molecule has 0 radical (unpaired) electrons. The largest absolute Gasteiger partial charge is 0.344 e. The summed E-state index contributed by atoms with van der Waals surface area (Å²) in [6, 6.07) is 0. The molecule has 2 heteroatoms. The van der Waals surface area contributed by atoms with Crippen molar-refractivity contribution in [3.8, 4) is 0 Å². The zero-order valence-electron chi connectivity index (χ0n) is 3.99. The first-order chi connectivity index (χ1) is 2.41. The van der Waals surface area contributed by atoms with Gasteiger partial charge in [0.2, 0.25) is 0 Å². The lowest BCUT2D eigenvalue weighted by Crippen LogP contribution is -1.46.